The zero-order valence-corrected chi connectivity index (χ0v) is 9.47. The molecule has 0 spiro atoms. The van der Waals surface area contributed by atoms with Crippen molar-refractivity contribution in [2.45, 2.75) is 13.0 Å². The molecule has 0 N–H and O–H groups in total. The molecular weight excluding hydrogens is 222 g/mol. The first-order valence-electron chi connectivity index (χ1n) is 5.08. The van der Waals surface area contributed by atoms with Gasteiger partial charge in [0.05, 0.1) is 12.8 Å². The molecule has 0 radical (unpaired) electrons. The molecule has 2 rings (SSSR count). The van der Waals surface area contributed by atoms with Crippen molar-refractivity contribution >= 4 is 23.3 Å². The number of fused-ring (bicyclic) bond motifs is 1. The second kappa shape index (κ2) is 4.01. The number of anilines is 1. The van der Waals surface area contributed by atoms with E-state index in [0.29, 0.717) is 11.3 Å². The number of rotatable bonds is 1. The zero-order chi connectivity index (χ0) is 12.6. The molecule has 88 valence electrons. The van der Waals surface area contributed by atoms with Crippen molar-refractivity contribution in [3.05, 3.63) is 29.8 Å². The third-order valence-corrected chi connectivity index (χ3v) is 2.70. The standard InChI is InChI=1S/C12H11NO4/c1-7(14)13-9-6-4-3-5-8(9)11(15)10(13)12(16)17-2/h3-6,10H,1-2H3. The number of carbonyl (C=O) groups excluding carboxylic acids is 3. The van der Waals surface area contributed by atoms with Crippen LogP contribution in [0.3, 0.4) is 0 Å². The number of nitrogens with zero attached hydrogens (tertiary/aromatic N) is 1. The summed E-state index contributed by atoms with van der Waals surface area (Å²) in [7, 11) is 1.19. The van der Waals surface area contributed by atoms with Crippen LogP contribution in [-0.4, -0.2) is 30.8 Å². The Hall–Kier alpha value is -2.17. The van der Waals surface area contributed by atoms with Gasteiger partial charge >= 0.3 is 5.97 Å². The second-order valence-corrected chi connectivity index (χ2v) is 3.70. The highest BCUT2D eigenvalue weighted by Gasteiger charge is 2.44. The van der Waals surface area contributed by atoms with E-state index in [1.807, 2.05) is 0 Å². The smallest absolute Gasteiger partial charge is 0.337 e. The van der Waals surface area contributed by atoms with Gasteiger partial charge in [-0.05, 0) is 12.1 Å². The molecule has 0 saturated heterocycles. The molecule has 17 heavy (non-hydrogen) atoms. The number of carbonyl (C=O) groups is 3. The van der Waals surface area contributed by atoms with Gasteiger partial charge in [0.15, 0.2) is 11.8 Å². The quantitative estimate of drug-likeness (QED) is 0.531. The Morgan fingerprint density at radius 3 is 2.53 bits per heavy atom. The van der Waals surface area contributed by atoms with Crippen LogP contribution in [0.15, 0.2) is 24.3 Å². The van der Waals surface area contributed by atoms with E-state index in [4.69, 9.17) is 0 Å². The maximum atomic E-state index is 12.0. The van der Waals surface area contributed by atoms with Crippen molar-refractivity contribution in [2.75, 3.05) is 12.0 Å². The third kappa shape index (κ3) is 1.60. The van der Waals surface area contributed by atoms with Crippen molar-refractivity contribution in [1.29, 1.82) is 0 Å². The minimum Gasteiger partial charge on any atom is -0.467 e. The molecule has 0 aliphatic carbocycles. The summed E-state index contributed by atoms with van der Waals surface area (Å²) in [4.78, 5) is 36.3. The van der Waals surface area contributed by atoms with Gasteiger partial charge in [0.2, 0.25) is 5.91 Å². The number of hydrogen-bond donors (Lipinski definition) is 0. The summed E-state index contributed by atoms with van der Waals surface area (Å²) < 4.78 is 4.56. The van der Waals surface area contributed by atoms with Gasteiger partial charge in [-0.15, -0.1) is 0 Å². The molecule has 1 atom stereocenters. The molecular formula is C12H11NO4. The van der Waals surface area contributed by atoms with E-state index in [-0.39, 0.29) is 5.91 Å². The lowest BCUT2D eigenvalue weighted by atomic mass is 10.1. The number of methoxy groups -OCH3 is 1. The first-order chi connectivity index (χ1) is 8.07. The van der Waals surface area contributed by atoms with Crippen molar-refractivity contribution in [3.8, 4) is 0 Å². The Balaban J connectivity index is 2.55. The molecule has 0 saturated carbocycles. The number of Topliss-reactive ketones (excluding diaryl/α,β-unsaturated/α-hetero) is 1. The minimum absolute atomic E-state index is 0.362. The van der Waals surface area contributed by atoms with Crippen molar-refractivity contribution in [1.82, 2.24) is 0 Å². The summed E-state index contributed by atoms with van der Waals surface area (Å²) in [5.74, 6) is -1.48. The molecule has 5 heteroatoms. The van der Waals surface area contributed by atoms with E-state index >= 15 is 0 Å². The van der Waals surface area contributed by atoms with E-state index in [9.17, 15) is 14.4 Å². The number of ketones is 1. The van der Waals surface area contributed by atoms with Gasteiger partial charge < -0.3 is 4.74 Å². The number of benzene rings is 1. The van der Waals surface area contributed by atoms with Crippen LogP contribution in [0.25, 0.3) is 0 Å². The molecule has 1 amide bonds. The first kappa shape index (κ1) is 11.3. The fraction of sp³-hybridized carbons (Fsp3) is 0.250. The minimum atomic E-state index is -1.19. The summed E-state index contributed by atoms with van der Waals surface area (Å²) in [6, 6.07) is 5.44. The maximum Gasteiger partial charge on any atom is 0.337 e. The van der Waals surface area contributed by atoms with Gasteiger partial charge in [0.1, 0.15) is 0 Å². The van der Waals surface area contributed by atoms with Gasteiger partial charge in [-0.3, -0.25) is 14.5 Å². The van der Waals surface area contributed by atoms with Gasteiger partial charge in [-0.2, -0.15) is 0 Å². The van der Waals surface area contributed by atoms with Crippen molar-refractivity contribution < 1.29 is 19.1 Å². The number of para-hydroxylation sites is 1. The molecule has 1 aliphatic heterocycles. The normalized spacial score (nSPS) is 17.9. The Kier molecular flexibility index (Phi) is 2.67. The zero-order valence-electron chi connectivity index (χ0n) is 9.47. The summed E-state index contributed by atoms with van der Waals surface area (Å²) >= 11 is 0. The molecule has 1 aromatic carbocycles. The number of esters is 1. The van der Waals surface area contributed by atoms with Crippen LogP contribution in [0.2, 0.25) is 0 Å². The first-order valence-corrected chi connectivity index (χ1v) is 5.08. The maximum absolute atomic E-state index is 12.0. The highest BCUT2D eigenvalue weighted by molar-refractivity contribution is 6.25. The lowest BCUT2D eigenvalue weighted by Crippen LogP contribution is -2.45. The van der Waals surface area contributed by atoms with Crippen molar-refractivity contribution in [3.63, 3.8) is 0 Å². The highest BCUT2D eigenvalue weighted by Crippen LogP contribution is 2.32. The van der Waals surface area contributed by atoms with Crippen molar-refractivity contribution in [2.24, 2.45) is 0 Å². The third-order valence-electron chi connectivity index (χ3n) is 2.70. The van der Waals surface area contributed by atoms with E-state index in [2.05, 4.69) is 4.74 Å². The highest BCUT2D eigenvalue weighted by atomic mass is 16.5. The summed E-state index contributed by atoms with van der Waals surface area (Å²) in [5, 5.41) is 0. The van der Waals surface area contributed by atoms with Crippen LogP contribution in [0, 0.1) is 0 Å². The number of amides is 1. The van der Waals surface area contributed by atoms with Crippen LogP contribution in [0.1, 0.15) is 17.3 Å². The molecule has 1 unspecified atom stereocenters. The second-order valence-electron chi connectivity index (χ2n) is 3.70. The van der Waals surface area contributed by atoms with Crippen LogP contribution in [0.4, 0.5) is 5.69 Å². The molecule has 1 heterocycles. The number of hydrogen-bond acceptors (Lipinski definition) is 4. The van der Waals surface area contributed by atoms with Gasteiger partial charge in [-0.1, -0.05) is 12.1 Å². The average Bonchev–Trinajstić information content (AvgIpc) is 2.62. The van der Waals surface area contributed by atoms with Crippen LogP contribution >= 0.6 is 0 Å². The Labute approximate surface area is 98.0 Å². The monoisotopic (exact) mass is 233 g/mol. The van der Waals surface area contributed by atoms with E-state index in [1.54, 1.807) is 24.3 Å². The topological polar surface area (TPSA) is 63.7 Å². The predicted octanol–water partition coefficient (Wildman–Crippen LogP) is 0.777. The predicted molar refractivity (Wildman–Crippen MR) is 59.7 cm³/mol. The summed E-state index contributed by atoms with van der Waals surface area (Å²) in [6.45, 7) is 1.31. The molecule has 1 aromatic rings. The molecule has 0 aromatic heterocycles. The molecule has 5 nitrogen and oxygen atoms in total. The van der Waals surface area contributed by atoms with E-state index in [0.717, 1.165) is 0 Å². The average molecular weight is 233 g/mol. The summed E-state index contributed by atoms with van der Waals surface area (Å²) in [6.07, 6.45) is 0. The van der Waals surface area contributed by atoms with Crippen LogP contribution in [0.5, 0.6) is 0 Å². The number of ether oxygens (including phenoxy) is 1. The summed E-state index contributed by atoms with van der Waals surface area (Å²) in [5.41, 5.74) is 0.832. The Morgan fingerprint density at radius 1 is 1.29 bits per heavy atom. The Morgan fingerprint density at radius 2 is 1.94 bits per heavy atom. The molecule has 0 bridgehead atoms. The molecule has 1 aliphatic rings. The van der Waals surface area contributed by atoms with E-state index < -0.39 is 17.8 Å². The van der Waals surface area contributed by atoms with E-state index in [1.165, 1.54) is 18.9 Å². The van der Waals surface area contributed by atoms with Gasteiger partial charge in [0.25, 0.3) is 0 Å². The van der Waals surface area contributed by atoms with Gasteiger partial charge in [-0.25, -0.2) is 4.79 Å². The SMILES string of the molecule is COC(=O)C1C(=O)c2ccccc2N1C(C)=O. The largest absolute Gasteiger partial charge is 0.467 e. The molecule has 0 fully saturated rings. The van der Waals surface area contributed by atoms with Crippen LogP contribution in [-0.2, 0) is 14.3 Å². The van der Waals surface area contributed by atoms with Gasteiger partial charge in [0, 0.05) is 12.5 Å². The fourth-order valence-electron chi connectivity index (χ4n) is 1.97. The Bertz CT molecular complexity index is 509. The lowest BCUT2D eigenvalue weighted by Gasteiger charge is -2.20. The van der Waals surface area contributed by atoms with Crippen LogP contribution < -0.4 is 4.90 Å². The lowest BCUT2D eigenvalue weighted by molar-refractivity contribution is -0.141. The fourth-order valence-corrected chi connectivity index (χ4v) is 1.97.